The van der Waals surface area contributed by atoms with Crippen LogP contribution in [-0.4, -0.2) is 31.5 Å². The second-order valence-corrected chi connectivity index (χ2v) is 7.77. The van der Waals surface area contributed by atoms with E-state index in [0.29, 0.717) is 11.6 Å². The highest BCUT2D eigenvalue weighted by molar-refractivity contribution is 7.91. The van der Waals surface area contributed by atoms with E-state index in [1.54, 1.807) is 18.5 Å². The minimum atomic E-state index is -3.75. The lowest BCUT2D eigenvalue weighted by atomic mass is 10.2. The molecule has 0 radical (unpaired) electrons. The molecular formula is C19H18N4O4S. The second-order valence-electron chi connectivity index (χ2n) is 5.82. The Morgan fingerprint density at radius 1 is 1.07 bits per heavy atom. The van der Waals surface area contributed by atoms with Gasteiger partial charge in [0.2, 0.25) is 15.7 Å². The van der Waals surface area contributed by atoms with Crippen molar-refractivity contribution >= 4 is 21.6 Å². The van der Waals surface area contributed by atoms with E-state index in [-0.39, 0.29) is 16.3 Å². The summed E-state index contributed by atoms with van der Waals surface area (Å²) in [7, 11) is -2.30. The maximum Gasteiger partial charge on any atom is 0.319 e. The van der Waals surface area contributed by atoms with E-state index in [9.17, 15) is 13.2 Å². The van der Waals surface area contributed by atoms with E-state index in [0.717, 1.165) is 5.56 Å². The van der Waals surface area contributed by atoms with Crippen LogP contribution in [0.5, 0.6) is 5.88 Å². The molecule has 0 unspecified atom stereocenters. The van der Waals surface area contributed by atoms with Crippen LogP contribution >= 0.6 is 0 Å². The molecule has 2 N–H and O–H groups in total. The molecule has 2 aromatic heterocycles. The number of nitrogens with two attached hydrogens (primary N) is 1. The van der Waals surface area contributed by atoms with E-state index in [2.05, 4.69) is 9.97 Å². The number of methoxy groups -OCH3 is 1. The molecule has 1 aromatic carbocycles. The van der Waals surface area contributed by atoms with Gasteiger partial charge in [-0.2, -0.15) is 0 Å². The number of pyridine rings is 2. The first-order chi connectivity index (χ1) is 13.4. The van der Waals surface area contributed by atoms with E-state index >= 15 is 0 Å². The van der Waals surface area contributed by atoms with Gasteiger partial charge in [0.1, 0.15) is 0 Å². The Balaban J connectivity index is 1.87. The number of anilines is 1. The molecule has 2 heterocycles. The van der Waals surface area contributed by atoms with Crippen molar-refractivity contribution in [2.75, 3.05) is 12.0 Å². The van der Waals surface area contributed by atoms with Crippen molar-refractivity contribution in [2.24, 2.45) is 5.73 Å². The average Bonchev–Trinajstić information content (AvgIpc) is 2.72. The predicted octanol–water partition coefficient (Wildman–Crippen LogP) is 2.40. The summed E-state index contributed by atoms with van der Waals surface area (Å²) >= 11 is 0. The van der Waals surface area contributed by atoms with Crippen LogP contribution in [0.15, 0.2) is 76.9 Å². The number of benzene rings is 1. The first-order valence-corrected chi connectivity index (χ1v) is 9.71. The average molecular weight is 398 g/mol. The number of carbonyl (C=O) groups excluding carboxylic acids is 1. The summed E-state index contributed by atoms with van der Waals surface area (Å²) in [6.07, 6.45) is 4.50. The Morgan fingerprint density at radius 2 is 1.79 bits per heavy atom. The molecule has 28 heavy (non-hydrogen) atoms. The maximum absolute atomic E-state index is 12.7. The molecule has 2 amide bonds. The molecule has 8 nitrogen and oxygen atoms in total. The number of rotatable bonds is 6. The number of sulfone groups is 1. The number of amides is 2. The SMILES string of the molecule is COc1ccc(S(=O)(=O)c2ccc(N(Cc3cccnc3)C(N)=O)cc2)cn1. The van der Waals surface area contributed by atoms with Gasteiger partial charge in [-0.25, -0.2) is 18.2 Å². The topological polar surface area (TPSA) is 115 Å². The van der Waals surface area contributed by atoms with Crippen LogP contribution in [0.1, 0.15) is 5.56 Å². The Hall–Kier alpha value is -3.46. The van der Waals surface area contributed by atoms with Gasteiger partial charge in [0.05, 0.1) is 23.4 Å². The van der Waals surface area contributed by atoms with Crippen LogP contribution in [0.2, 0.25) is 0 Å². The normalized spacial score (nSPS) is 11.0. The number of primary amides is 1. The zero-order valence-electron chi connectivity index (χ0n) is 15.0. The second kappa shape index (κ2) is 8.05. The molecule has 0 aliphatic heterocycles. The fraction of sp³-hybridized carbons (Fsp3) is 0.105. The molecular weight excluding hydrogens is 380 g/mol. The largest absolute Gasteiger partial charge is 0.481 e. The molecule has 0 saturated carbocycles. The fourth-order valence-electron chi connectivity index (χ4n) is 2.56. The molecule has 0 atom stereocenters. The van der Waals surface area contributed by atoms with Crippen LogP contribution in [-0.2, 0) is 16.4 Å². The van der Waals surface area contributed by atoms with Gasteiger partial charge in [-0.15, -0.1) is 0 Å². The minimum Gasteiger partial charge on any atom is -0.481 e. The number of hydrogen-bond donors (Lipinski definition) is 1. The number of ether oxygens (including phenoxy) is 1. The van der Waals surface area contributed by atoms with E-state index in [4.69, 9.17) is 10.5 Å². The zero-order chi connectivity index (χ0) is 20.1. The number of urea groups is 1. The van der Waals surface area contributed by atoms with Crippen LogP contribution in [0.4, 0.5) is 10.5 Å². The first-order valence-electron chi connectivity index (χ1n) is 8.23. The maximum atomic E-state index is 12.7. The number of nitrogens with zero attached hydrogens (tertiary/aromatic N) is 3. The number of hydrogen-bond acceptors (Lipinski definition) is 6. The predicted molar refractivity (Wildman–Crippen MR) is 103 cm³/mol. The van der Waals surface area contributed by atoms with Gasteiger partial charge in [0.15, 0.2) is 0 Å². The van der Waals surface area contributed by atoms with E-state index in [1.807, 2.05) is 6.07 Å². The summed E-state index contributed by atoms with van der Waals surface area (Å²) < 4.78 is 30.4. The summed E-state index contributed by atoms with van der Waals surface area (Å²) in [5, 5.41) is 0. The van der Waals surface area contributed by atoms with Crippen LogP contribution < -0.4 is 15.4 Å². The molecule has 0 aliphatic carbocycles. The molecule has 0 fully saturated rings. The van der Waals surface area contributed by atoms with Crippen LogP contribution in [0, 0.1) is 0 Å². The fourth-order valence-corrected chi connectivity index (χ4v) is 3.76. The van der Waals surface area contributed by atoms with Gasteiger partial charge in [-0.1, -0.05) is 6.07 Å². The van der Waals surface area contributed by atoms with Crippen molar-refractivity contribution in [3.63, 3.8) is 0 Å². The zero-order valence-corrected chi connectivity index (χ0v) is 15.8. The van der Waals surface area contributed by atoms with Gasteiger partial charge in [-0.05, 0) is 42.0 Å². The third kappa shape index (κ3) is 4.09. The van der Waals surface area contributed by atoms with E-state index < -0.39 is 15.9 Å². The molecule has 144 valence electrons. The van der Waals surface area contributed by atoms with Crippen LogP contribution in [0.3, 0.4) is 0 Å². The Labute approximate surface area is 162 Å². The lowest BCUT2D eigenvalue weighted by Gasteiger charge is -2.20. The summed E-state index contributed by atoms with van der Waals surface area (Å²) in [5.74, 6) is 0.321. The van der Waals surface area contributed by atoms with Crippen molar-refractivity contribution < 1.29 is 17.9 Å². The third-order valence-electron chi connectivity index (χ3n) is 4.02. The number of carbonyl (C=O) groups is 1. The Bertz CT molecular complexity index is 1050. The Morgan fingerprint density at radius 3 is 2.32 bits per heavy atom. The first kappa shape index (κ1) is 19.3. The van der Waals surface area contributed by atoms with Gasteiger partial charge in [0, 0.05) is 30.3 Å². The lowest BCUT2D eigenvalue weighted by Crippen LogP contribution is -2.35. The van der Waals surface area contributed by atoms with Crippen molar-refractivity contribution in [1.82, 2.24) is 9.97 Å². The smallest absolute Gasteiger partial charge is 0.319 e. The van der Waals surface area contributed by atoms with Gasteiger partial charge < -0.3 is 10.5 Å². The highest BCUT2D eigenvalue weighted by atomic mass is 32.2. The summed E-state index contributed by atoms with van der Waals surface area (Å²) in [6.45, 7) is 0.220. The number of aromatic nitrogens is 2. The lowest BCUT2D eigenvalue weighted by molar-refractivity contribution is 0.253. The highest BCUT2D eigenvalue weighted by Gasteiger charge is 2.20. The van der Waals surface area contributed by atoms with Gasteiger partial charge in [0.25, 0.3) is 0 Å². The van der Waals surface area contributed by atoms with Crippen molar-refractivity contribution in [3.05, 3.63) is 72.7 Å². The van der Waals surface area contributed by atoms with Crippen molar-refractivity contribution in [2.45, 2.75) is 16.3 Å². The molecule has 9 heteroatoms. The summed E-state index contributed by atoms with van der Waals surface area (Å²) in [5.41, 5.74) is 6.76. The highest BCUT2D eigenvalue weighted by Crippen LogP contribution is 2.25. The summed E-state index contributed by atoms with van der Waals surface area (Å²) in [4.78, 5) is 21.3. The van der Waals surface area contributed by atoms with E-state index in [1.165, 1.54) is 54.6 Å². The van der Waals surface area contributed by atoms with Gasteiger partial charge >= 0.3 is 6.03 Å². The quantitative estimate of drug-likeness (QED) is 0.682. The Kier molecular flexibility index (Phi) is 5.55. The van der Waals surface area contributed by atoms with Gasteiger partial charge in [-0.3, -0.25) is 9.88 Å². The molecule has 3 aromatic rings. The molecule has 0 aliphatic rings. The van der Waals surface area contributed by atoms with Crippen LogP contribution in [0.25, 0.3) is 0 Å². The standard InChI is InChI=1S/C19H18N4O4S/c1-27-18-9-8-17(12-22-18)28(25,26)16-6-4-15(5-7-16)23(19(20)24)13-14-3-2-10-21-11-14/h2-12H,13H2,1H3,(H2,20,24). The molecule has 3 rings (SSSR count). The molecule has 0 saturated heterocycles. The molecule has 0 spiro atoms. The third-order valence-corrected chi connectivity index (χ3v) is 5.77. The summed E-state index contributed by atoms with van der Waals surface area (Å²) in [6, 6.07) is 11.7. The monoisotopic (exact) mass is 398 g/mol. The minimum absolute atomic E-state index is 0.0446. The molecule has 0 bridgehead atoms. The van der Waals surface area contributed by atoms with Crippen molar-refractivity contribution in [1.29, 1.82) is 0 Å². The van der Waals surface area contributed by atoms with Crippen molar-refractivity contribution in [3.8, 4) is 5.88 Å².